The van der Waals surface area contributed by atoms with Crippen LogP contribution in [0.5, 0.6) is 0 Å². The van der Waals surface area contributed by atoms with E-state index in [1.54, 1.807) is 18.2 Å². The zero-order valence-electron chi connectivity index (χ0n) is 9.23. The molecule has 1 atom stereocenters. The Hall–Kier alpha value is 0.390. The predicted molar refractivity (Wildman–Crippen MR) is 89.0 cm³/mol. The molecule has 2 aromatic carbocycles. The molecule has 0 aliphatic rings. The molecule has 0 aromatic heterocycles. The van der Waals surface area contributed by atoms with E-state index >= 15 is 0 Å². The summed E-state index contributed by atoms with van der Waals surface area (Å²) in [6.45, 7) is 0. The van der Waals surface area contributed by atoms with Gasteiger partial charge in [0.15, 0.2) is 0 Å². The highest BCUT2D eigenvalue weighted by molar-refractivity contribution is 9.11. The van der Waals surface area contributed by atoms with E-state index in [4.69, 9.17) is 23.2 Å². The summed E-state index contributed by atoms with van der Waals surface area (Å²) in [4.78, 5) is -0.342. The Kier molecular flexibility index (Phi) is 5.34. The number of rotatable bonds is 2. The lowest BCUT2D eigenvalue weighted by Crippen LogP contribution is -1.98. The second-order valence-electron chi connectivity index (χ2n) is 3.82. The highest BCUT2D eigenvalue weighted by Crippen LogP contribution is 2.40. The van der Waals surface area contributed by atoms with Gasteiger partial charge in [0.2, 0.25) is 0 Å². The minimum atomic E-state index is -0.343. The van der Waals surface area contributed by atoms with Gasteiger partial charge >= 0.3 is 0 Å². The quantitative estimate of drug-likeness (QED) is 0.309. The molecule has 6 heteroatoms. The largest absolute Gasteiger partial charge is 0.207 e. The molecule has 0 N–H and O–H groups in total. The van der Waals surface area contributed by atoms with Gasteiger partial charge in [0.05, 0.1) is 9.85 Å². The SMILES string of the molecule is Fc1cc(Br)c(Cl)cc1C(Br)c1cc(Cl)ccc1Br. The van der Waals surface area contributed by atoms with Crippen molar-refractivity contribution < 1.29 is 4.39 Å². The number of halogens is 6. The zero-order valence-corrected chi connectivity index (χ0v) is 15.5. The Balaban J connectivity index is 2.52. The number of alkyl halides is 1. The fraction of sp³-hybridized carbons (Fsp3) is 0.0769. The normalized spacial score (nSPS) is 12.5. The molecule has 100 valence electrons. The van der Waals surface area contributed by atoms with Crippen molar-refractivity contribution in [3.63, 3.8) is 0 Å². The van der Waals surface area contributed by atoms with Crippen LogP contribution in [0, 0.1) is 5.82 Å². The van der Waals surface area contributed by atoms with Crippen LogP contribution in [0.2, 0.25) is 10.0 Å². The third-order valence-corrected chi connectivity index (χ3v) is 5.68. The van der Waals surface area contributed by atoms with Crippen LogP contribution in [0.3, 0.4) is 0 Å². The molecule has 0 amide bonds. The van der Waals surface area contributed by atoms with E-state index < -0.39 is 0 Å². The molecule has 0 aliphatic carbocycles. The van der Waals surface area contributed by atoms with Crippen molar-refractivity contribution in [3.8, 4) is 0 Å². The Morgan fingerprint density at radius 2 is 1.63 bits per heavy atom. The van der Waals surface area contributed by atoms with E-state index in [0.717, 1.165) is 10.0 Å². The first-order chi connectivity index (χ1) is 8.90. The van der Waals surface area contributed by atoms with E-state index in [9.17, 15) is 4.39 Å². The summed E-state index contributed by atoms with van der Waals surface area (Å²) in [5.74, 6) is -0.343. The second kappa shape index (κ2) is 6.44. The van der Waals surface area contributed by atoms with Gasteiger partial charge in [-0.25, -0.2) is 4.39 Å². The zero-order chi connectivity index (χ0) is 14.2. The molecule has 0 bridgehead atoms. The molecule has 0 saturated carbocycles. The van der Waals surface area contributed by atoms with Crippen LogP contribution in [-0.4, -0.2) is 0 Å². The second-order valence-corrected chi connectivity index (χ2v) is 7.28. The number of benzene rings is 2. The molecule has 1 unspecified atom stereocenters. The molecule has 2 rings (SSSR count). The summed E-state index contributed by atoms with van der Waals surface area (Å²) in [6, 6.07) is 8.31. The maximum atomic E-state index is 14.0. The molecule has 0 heterocycles. The van der Waals surface area contributed by atoms with E-state index in [1.165, 1.54) is 6.07 Å². The summed E-state index contributed by atoms with van der Waals surface area (Å²) < 4.78 is 15.4. The maximum Gasteiger partial charge on any atom is 0.129 e. The highest BCUT2D eigenvalue weighted by atomic mass is 79.9. The van der Waals surface area contributed by atoms with Crippen molar-refractivity contribution in [2.24, 2.45) is 0 Å². The van der Waals surface area contributed by atoms with E-state index in [2.05, 4.69) is 47.8 Å². The van der Waals surface area contributed by atoms with E-state index in [-0.39, 0.29) is 10.6 Å². The topological polar surface area (TPSA) is 0 Å². The molecular formula is C13H6Br3Cl2F. The summed E-state index contributed by atoms with van der Waals surface area (Å²) in [6.07, 6.45) is 0. The van der Waals surface area contributed by atoms with Gasteiger partial charge in [-0.2, -0.15) is 0 Å². The minimum absolute atomic E-state index is 0.342. The molecule has 2 aromatic rings. The van der Waals surface area contributed by atoms with Gasteiger partial charge in [0.1, 0.15) is 5.82 Å². The smallest absolute Gasteiger partial charge is 0.129 e. The van der Waals surface area contributed by atoms with Gasteiger partial charge in [-0.1, -0.05) is 55.1 Å². The van der Waals surface area contributed by atoms with Crippen LogP contribution in [0.15, 0.2) is 39.3 Å². The third kappa shape index (κ3) is 3.53. The van der Waals surface area contributed by atoms with E-state index in [0.29, 0.717) is 20.1 Å². The fourth-order valence-corrected chi connectivity index (χ4v) is 3.79. The van der Waals surface area contributed by atoms with Crippen molar-refractivity contribution in [1.82, 2.24) is 0 Å². The third-order valence-electron chi connectivity index (χ3n) is 2.54. The predicted octanol–water partition coefficient (Wildman–Crippen LogP) is 7.14. The summed E-state index contributed by atoms with van der Waals surface area (Å²) in [5, 5.41) is 1.05. The van der Waals surface area contributed by atoms with Gasteiger partial charge in [-0.05, 0) is 51.8 Å². The van der Waals surface area contributed by atoms with Gasteiger partial charge in [-0.15, -0.1) is 0 Å². The Morgan fingerprint density at radius 3 is 2.32 bits per heavy atom. The Bertz CT molecular complexity index is 632. The molecular weight excluding hydrogens is 486 g/mol. The first kappa shape index (κ1) is 15.8. The van der Waals surface area contributed by atoms with Crippen LogP contribution in [0.25, 0.3) is 0 Å². The van der Waals surface area contributed by atoms with Crippen LogP contribution in [-0.2, 0) is 0 Å². The van der Waals surface area contributed by atoms with Crippen LogP contribution in [0.4, 0.5) is 4.39 Å². The standard InChI is InChI=1S/C13H6Br3Cl2F/c14-9-2-1-6(17)3-7(9)13(16)8-4-11(18)10(15)5-12(8)19/h1-5,13H. The van der Waals surface area contributed by atoms with Crippen LogP contribution < -0.4 is 0 Å². The molecule has 0 spiro atoms. The van der Waals surface area contributed by atoms with Gasteiger partial charge < -0.3 is 0 Å². The lowest BCUT2D eigenvalue weighted by atomic mass is 10.0. The van der Waals surface area contributed by atoms with Gasteiger partial charge in [0, 0.05) is 19.5 Å². The Labute approximate surface area is 145 Å². The lowest BCUT2D eigenvalue weighted by molar-refractivity contribution is 0.612. The Morgan fingerprint density at radius 1 is 0.947 bits per heavy atom. The molecule has 0 saturated heterocycles. The highest BCUT2D eigenvalue weighted by Gasteiger charge is 2.19. The first-order valence-electron chi connectivity index (χ1n) is 5.13. The monoisotopic (exact) mass is 488 g/mol. The van der Waals surface area contributed by atoms with Gasteiger partial charge in [0.25, 0.3) is 0 Å². The number of hydrogen-bond donors (Lipinski definition) is 0. The molecule has 0 radical (unpaired) electrons. The van der Waals surface area contributed by atoms with Crippen LogP contribution in [0.1, 0.15) is 16.0 Å². The molecule has 0 fully saturated rings. The van der Waals surface area contributed by atoms with Crippen molar-refractivity contribution in [2.45, 2.75) is 4.83 Å². The van der Waals surface area contributed by atoms with Gasteiger partial charge in [-0.3, -0.25) is 0 Å². The lowest BCUT2D eigenvalue weighted by Gasteiger charge is -2.15. The maximum absolute atomic E-state index is 14.0. The van der Waals surface area contributed by atoms with Crippen molar-refractivity contribution in [2.75, 3.05) is 0 Å². The van der Waals surface area contributed by atoms with E-state index in [1.807, 2.05) is 6.07 Å². The molecule has 0 nitrogen and oxygen atoms in total. The molecule has 19 heavy (non-hydrogen) atoms. The van der Waals surface area contributed by atoms with Crippen LogP contribution >= 0.6 is 71.0 Å². The first-order valence-corrected chi connectivity index (χ1v) is 8.39. The van der Waals surface area contributed by atoms with Crippen molar-refractivity contribution in [3.05, 3.63) is 66.3 Å². The number of hydrogen-bond acceptors (Lipinski definition) is 0. The summed E-state index contributed by atoms with van der Waals surface area (Å²) in [5.41, 5.74) is 1.29. The summed E-state index contributed by atoms with van der Waals surface area (Å²) in [7, 11) is 0. The van der Waals surface area contributed by atoms with Crippen molar-refractivity contribution >= 4 is 71.0 Å². The summed E-state index contributed by atoms with van der Waals surface area (Å²) >= 11 is 22.1. The minimum Gasteiger partial charge on any atom is -0.207 e. The average Bonchev–Trinajstić information content (AvgIpc) is 2.36. The fourth-order valence-electron chi connectivity index (χ4n) is 1.61. The van der Waals surface area contributed by atoms with Crippen molar-refractivity contribution in [1.29, 1.82) is 0 Å². The molecule has 0 aliphatic heterocycles. The average molecular weight is 492 g/mol.